The SMILES string of the molecule is O=C(Nc1nc2ccccc2s1)[C@H]1CCCN(C(=O)c2ccc(F)cc2)C1. The first-order valence-electron chi connectivity index (χ1n) is 8.81. The largest absolute Gasteiger partial charge is 0.338 e. The number of hydrogen-bond donors (Lipinski definition) is 1. The van der Waals surface area contributed by atoms with Gasteiger partial charge in [0.1, 0.15) is 5.82 Å². The van der Waals surface area contributed by atoms with Crippen molar-refractivity contribution in [2.24, 2.45) is 5.92 Å². The number of anilines is 1. The first kappa shape index (κ1) is 17.6. The van der Waals surface area contributed by atoms with Crippen molar-refractivity contribution in [3.8, 4) is 0 Å². The van der Waals surface area contributed by atoms with E-state index >= 15 is 0 Å². The first-order chi connectivity index (χ1) is 13.1. The third-order valence-electron chi connectivity index (χ3n) is 4.69. The lowest BCUT2D eigenvalue weighted by atomic mass is 9.96. The number of para-hydroxylation sites is 1. The molecule has 0 unspecified atom stereocenters. The Labute approximate surface area is 159 Å². The molecule has 7 heteroatoms. The number of benzene rings is 2. The Morgan fingerprint density at radius 3 is 2.70 bits per heavy atom. The Morgan fingerprint density at radius 2 is 1.93 bits per heavy atom. The maximum Gasteiger partial charge on any atom is 0.253 e. The molecule has 4 rings (SSSR count). The standard InChI is InChI=1S/C20H18FN3O2S/c21-15-9-7-13(8-10-15)19(26)24-11-3-4-14(12-24)18(25)23-20-22-16-5-1-2-6-17(16)27-20/h1-2,5-10,14H,3-4,11-12H2,(H,22,23,25)/t14-/m0/s1. The molecule has 0 radical (unpaired) electrons. The summed E-state index contributed by atoms with van der Waals surface area (Å²) in [4.78, 5) is 31.4. The van der Waals surface area contributed by atoms with Crippen LogP contribution >= 0.6 is 11.3 Å². The summed E-state index contributed by atoms with van der Waals surface area (Å²) in [5, 5.41) is 3.46. The number of likely N-dealkylation sites (tertiary alicyclic amines) is 1. The average molecular weight is 383 g/mol. The summed E-state index contributed by atoms with van der Waals surface area (Å²) in [6, 6.07) is 13.2. The van der Waals surface area contributed by atoms with Gasteiger partial charge in [-0.1, -0.05) is 23.5 Å². The van der Waals surface area contributed by atoms with E-state index in [0.717, 1.165) is 23.1 Å². The Kier molecular flexibility index (Phi) is 4.85. The molecule has 2 heterocycles. The van der Waals surface area contributed by atoms with Gasteiger partial charge < -0.3 is 10.2 Å². The first-order valence-corrected chi connectivity index (χ1v) is 9.63. The van der Waals surface area contributed by atoms with E-state index in [0.29, 0.717) is 23.8 Å². The molecule has 1 N–H and O–H groups in total. The molecule has 5 nitrogen and oxygen atoms in total. The number of hydrogen-bond acceptors (Lipinski definition) is 4. The summed E-state index contributed by atoms with van der Waals surface area (Å²) in [6.07, 6.45) is 1.48. The number of carbonyl (C=O) groups is 2. The Morgan fingerprint density at radius 1 is 1.15 bits per heavy atom. The van der Waals surface area contributed by atoms with E-state index in [9.17, 15) is 14.0 Å². The molecule has 27 heavy (non-hydrogen) atoms. The van der Waals surface area contributed by atoms with Crippen molar-refractivity contribution in [2.75, 3.05) is 18.4 Å². The van der Waals surface area contributed by atoms with Crippen molar-refractivity contribution in [1.29, 1.82) is 0 Å². The van der Waals surface area contributed by atoms with Crippen molar-refractivity contribution < 1.29 is 14.0 Å². The maximum absolute atomic E-state index is 13.1. The molecule has 0 bridgehead atoms. The van der Waals surface area contributed by atoms with Gasteiger partial charge in [-0.25, -0.2) is 9.37 Å². The third kappa shape index (κ3) is 3.83. The van der Waals surface area contributed by atoms with Gasteiger partial charge in [-0.05, 0) is 49.2 Å². The van der Waals surface area contributed by atoms with Crippen molar-refractivity contribution in [1.82, 2.24) is 9.88 Å². The van der Waals surface area contributed by atoms with Gasteiger partial charge in [0.15, 0.2) is 5.13 Å². The monoisotopic (exact) mass is 383 g/mol. The molecule has 0 spiro atoms. The summed E-state index contributed by atoms with van der Waals surface area (Å²) in [5.74, 6) is -0.952. The van der Waals surface area contributed by atoms with Gasteiger partial charge in [0, 0.05) is 18.7 Å². The van der Waals surface area contributed by atoms with Crippen molar-refractivity contribution in [2.45, 2.75) is 12.8 Å². The number of nitrogens with zero attached hydrogens (tertiary/aromatic N) is 2. The number of thiazole rings is 1. The molecule has 2 amide bonds. The van der Waals surface area contributed by atoms with Crippen LogP contribution in [0.15, 0.2) is 48.5 Å². The normalized spacial score (nSPS) is 17.1. The van der Waals surface area contributed by atoms with Crippen molar-refractivity contribution >= 4 is 38.5 Å². The van der Waals surface area contributed by atoms with Gasteiger partial charge in [-0.3, -0.25) is 9.59 Å². The fourth-order valence-corrected chi connectivity index (χ4v) is 4.15. The predicted molar refractivity (Wildman–Crippen MR) is 103 cm³/mol. The minimum atomic E-state index is -0.377. The molecule has 1 fully saturated rings. The van der Waals surface area contributed by atoms with E-state index in [-0.39, 0.29) is 23.5 Å². The quantitative estimate of drug-likeness (QED) is 0.746. The summed E-state index contributed by atoms with van der Waals surface area (Å²) < 4.78 is 14.1. The number of nitrogens with one attached hydrogen (secondary N) is 1. The van der Waals surface area contributed by atoms with Crippen LogP contribution in [0.3, 0.4) is 0 Å². The van der Waals surface area contributed by atoms with Crippen LogP contribution in [0.25, 0.3) is 10.2 Å². The van der Waals surface area contributed by atoms with Gasteiger partial charge in [-0.2, -0.15) is 0 Å². The zero-order valence-electron chi connectivity index (χ0n) is 14.5. The molecule has 1 aliphatic rings. The minimum absolute atomic E-state index is 0.120. The number of fused-ring (bicyclic) bond motifs is 1. The second-order valence-corrected chi connectivity index (χ2v) is 7.60. The van der Waals surface area contributed by atoms with Crippen LogP contribution in [-0.2, 0) is 4.79 Å². The molecule has 0 saturated carbocycles. The number of halogens is 1. The van der Waals surface area contributed by atoms with Crippen LogP contribution in [0.2, 0.25) is 0 Å². The van der Waals surface area contributed by atoms with E-state index in [1.807, 2.05) is 24.3 Å². The van der Waals surface area contributed by atoms with E-state index in [1.54, 1.807) is 4.90 Å². The topological polar surface area (TPSA) is 62.3 Å². The summed E-state index contributed by atoms with van der Waals surface area (Å²) in [7, 11) is 0. The Balaban J connectivity index is 1.43. The highest BCUT2D eigenvalue weighted by molar-refractivity contribution is 7.22. The highest BCUT2D eigenvalue weighted by Crippen LogP contribution is 2.27. The fraction of sp³-hybridized carbons (Fsp3) is 0.250. The van der Waals surface area contributed by atoms with E-state index in [1.165, 1.54) is 35.6 Å². The molecule has 1 atom stereocenters. The van der Waals surface area contributed by atoms with Gasteiger partial charge in [0.25, 0.3) is 5.91 Å². The lowest BCUT2D eigenvalue weighted by molar-refractivity contribution is -0.121. The number of carbonyl (C=O) groups excluding carboxylic acids is 2. The molecule has 3 aromatic rings. The lowest BCUT2D eigenvalue weighted by Gasteiger charge is -2.32. The van der Waals surface area contributed by atoms with Crippen LogP contribution in [0, 0.1) is 11.7 Å². The second-order valence-electron chi connectivity index (χ2n) is 6.57. The zero-order chi connectivity index (χ0) is 18.8. The van der Waals surface area contributed by atoms with Crippen LogP contribution in [0.4, 0.5) is 9.52 Å². The van der Waals surface area contributed by atoms with Gasteiger partial charge in [-0.15, -0.1) is 0 Å². The predicted octanol–water partition coefficient (Wildman–Crippen LogP) is 3.93. The molecule has 138 valence electrons. The van der Waals surface area contributed by atoms with E-state index < -0.39 is 0 Å². The van der Waals surface area contributed by atoms with Crippen molar-refractivity contribution in [3.63, 3.8) is 0 Å². The third-order valence-corrected chi connectivity index (χ3v) is 5.65. The molecule has 1 aliphatic heterocycles. The number of amides is 2. The maximum atomic E-state index is 13.1. The summed E-state index contributed by atoms with van der Waals surface area (Å²) in [5.41, 5.74) is 1.29. The van der Waals surface area contributed by atoms with E-state index in [2.05, 4.69) is 10.3 Å². The molecular weight excluding hydrogens is 365 g/mol. The van der Waals surface area contributed by atoms with Gasteiger partial charge in [0.05, 0.1) is 16.1 Å². The van der Waals surface area contributed by atoms with Crippen LogP contribution in [0.1, 0.15) is 23.2 Å². The minimum Gasteiger partial charge on any atom is -0.338 e. The molecule has 0 aliphatic carbocycles. The number of rotatable bonds is 3. The fourth-order valence-electron chi connectivity index (χ4n) is 3.28. The highest BCUT2D eigenvalue weighted by Gasteiger charge is 2.29. The van der Waals surface area contributed by atoms with Crippen LogP contribution < -0.4 is 5.32 Å². The Bertz CT molecular complexity index is 953. The summed E-state index contributed by atoms with van der Waals surface area (Å²) in [6.45, 7) is 0.952. The second kappa shape index (κ2) is 7.44. The average Bonchev–Trinajstić information content (AvgIpc) is 3.10. The van der Waals surface area contributed by atoms with Crippen LogP contribution in [0.5, 0.6) is 0 Å². The summed E-state index contributed by atoms with van der Waals surface area (Å²) >= 11 is 1.44. The van der Waals surface area contributed by atoms with Crippen LogP contribution in [-0.4, -0.2) is 34.8 Å². The zero-order valence-corrected chi connectivity index (χ0v) is 15.3. The number of piperidine rings is 1. The van der Waals surface area contributed by atoms with E-state index in [4.69, 9.17) is 0 Å². The number of aromatic nitrogens is 1. The molecule has 1 aromatic heterocycles. The molecule has 1 saturated heterocycles. The van der Waals surface area contributed by atoms with Gasteiger partial charge in [0.2, 0.25) is 5.91 Å². The molecular formula is C20H18FN3O2S. The van der Waals surface area contributed by atoms with Gasteiger partial charge >= 0.3 is 0 Å². The smallest absolute Gasteiger partial charge is 0.253 e. The highest BCUT2D eigenvalue weighted by atomic mass is 32.1. The van der Waals surface area contributed by atoms with Crippen molar-refractivity contribution in [3.05, 3.63) is 59.9 Å². The lowest BCUT2D eigenvalue weighted by Crippen LogP contribution is -2.43. The Hall–Kier alpha value is -2.80. The molecule has 2 aromatic carbocycles.